The lowest BCUT2D eigenvalue weighted by atomic mass is 10.0. The first kappa shape index (κ1) is 18.7. The highest BCUT2D eigenvalue weighted by Crippen LogP contribution is 2.36. The minimum Gasteiger partial charge on any atom is -0.493 e. The molecule has 150 valence electrons. The van der Waals surface area contributed by atoms with Gasteiger partial charge in [0.1, 0.15) is 6.61 Å². The number of nitrogens with zero attached hydrogens (tertiary/aromatic N) is 3. The predicted octanol–water partition coefficient (Wildman–Crippen LogP) is 1.58. The van der Waals surface area contributed by atoms with Crippen LogP contribution in [-0.2, 0) is 15.2 Å². The molecule has 0 aliphatic carbocycles. The Balaban J connectivity index is 1.47. The summed E-state index contributed by atoms with van der Waals surface area (Å²) >= 11 is 0. The zero-order valence-corrected chi connectivity index (χ0v) is 16.0. The van der Waals surface area contributed by atoms with E-state index in [9.17, 15) is 0 Å². The van der Waals surface area contributed by atoms with Crippen LogP contribution in [0.3, 0.4) is 0 Å². The van der Waals surface area contributed by atoms with Gasteiger partial charge in [-0.3, -0.25) is 15.2 Å². The van der Waals surface area contributed by atoms with Crippen LogP contribution in [0.2, 0.25) is 0 Å². The molecule has 1 saturated heterocycles. The first-order valence-corrected chi connectivity index (χ1v) is 9.23. The molecule has 2 aromatic rings. The molecule has 2 aliphatic heterocycles. The lowest BCUT2D eigenvalue weighted by Crippen LogP contribution is -2.38. The van der Waals surface area contributed by atoms with E-state index in [0.717, 1.165) is 44.1 Å². The van der Waals surface area contributed by atoms with Gasteiger partial charge in [-0.2, -0.15) is 0 Å². The third-order valence-corrected chi connectivity index (χ3v) is 4.82. The number of benzene rings is 1. The standard InChI is InChI=1S/C19H24N4O5/c1-19(18-21-20-13-27-18)12-15(22-28-19)14-3-4-16(24-2)17(11-14)26-10-7-23-5-8-25-9-6-23/h3-4,11-13,22H,5-10H2,1-2H3. The van der Waals surface area contributed by atoms with Gasteiger partial charge in [-0.05, 0) is 31.2 Å². The number of nitrogens with one attached hydrogen (secondary N) is 1. The summed E-state index contributed by atoms with van der Waals surface area (Å²) in [5.74, 6) is 1.75. The van der Waals surface area contributed by atoms with Crippen LogP contribution in [0.15, 0.2) is 35.1 Å². The summed E-state index contributed by atoms with van der Waals surface area (Å²) in [6, 6.07) is 5.75. The van der Waals surface area contributed by atoms with Crippen molar-refractivity contribution in [2.24, 2.45) is 0 Å². The normalized spacial score (nSPS) is 22.6. The molecule has 1 aromatic carbocycles. The number of methoxy groups -OCH3 is 1. The Morgan fingerprint density at radius 3 is 2.86 bits per heavy atom. The minimum absolute atomic E-state index is 0.380. The topological polar surface area (TPSA) is 91.1 Å². The largest absolute Gasteiger partial charge is 0.493 e. The zero-order valence-electron chi connectivity index (χ0n) is 16.0. The molecular formula is C19H24N4O5. The average molecular weight is 388 g/mol. The third-order valence-electron chi connectivity index (χ3n) is 4.82. The zero-order chi connectivity index (χ0) is 19.4. The lowest BCUT2D eigenvalue weighted by molar-refractivity contribution is -0.0418. The van der Waals surface area contributed by atoms with Gasteiger partial charge < -0.3 is 18.6 Å². The van der Waals surface area contributed by atoms with Gasteiger partial charge in [0, 0.05) is 25.2 Å². The molecule has 4 rings (SSSR count). The predicted molar refractivity (Wildman–Crippen MR) is 99.6 cm³/mol. The maximum atomic E-state index is 6.01. The Morgan fingerprint density at radius 1 is 1.25 bits per heavy atom. The van der Waals surface area contributed by atoms with Gasteiger partial charge in [0.2, 0.25) is 6.39 Å². The highest BCUT2D eigenvalue weighted by atomic mass is 16.7. The minimum atomic E-state index is -0.830. The second-order valence-corrected chi connectivity index (χ2v) is 6.78. The Hall–Kier alpha value is -2.62. The van der Waals surface area contributed by atoms with E-state index in [4.69, 9.17) is 23.5 Å². The van der Waals surface area contributed by atoms with Gasteiger partial charge in [0.15, 0.2) is 17.1 Å². The van der Waals surface area contributed by atoms with Crippen molar-refractivity contribution in [3.05, 3.63) is 42.1 Å². The van der Waals surface area contributed by atoms with Gasteiger partial charge in [-0.1, -0.05) is 0 Å². The van der Waals surface area contributed by atoms with E-state index in [1.54, 1.807) is 7.11 Å². The molecule has 0 bridgehead atoms. The van der Waals surface area contributed by atoms with Gasteiger partial charge in [-0.25, -0.2) is 0 Å². The van der Waals surface area contributed by atoms with Crippen molar-refractivity contribution in [1.82, 2.24) is 20.6 Å². The first-order chi connectivity index (χ1) is 13.7. The van der Waals surface area contributed by atoms with Gasteiger partial charge in [0.25, 0.3) is 5.89 Å². The molecule has 9 nitrogen and oxygen atoms in total. The second-order valence-electron chi connectivity index (χ2n) is 6.78. The van der Waals surface area contributed by atoms with Crippen molar-refractivity contribution in [1.29, 1.82) is 0 Å². The number of morpholine rings is 1. The van der Waals surface area contributed by atoms with Gasteiger partial charge >= 0.3 is 0 Å². The number of aromatic nitrogens is 2. The van der Waals surface area contributed by atoms with Crippen molar-refractivity contribution < 1.29 is 23.5 Å². The summed E-state index contributed by atoms with van der Waals surface area (Å²) < 4.78 is 22.1. The summed E-state index contributed by atoms with van der Waals surface area (Å²) in [6.07, 6.45) is 3.18. The molecule has 0 spiro atoms. The molecule has 1 N–H and O–H groups in total. The van der Waals surface area contributed by atoms with E-state index in [2.05, 4.69) is 20.6 Å². The van der Waals surface area contributed by atoms with Crippen LogP contribution in [-0.4, -0.2) is 61.7 Å². The Morgan fingerprint density at radius 2 is 2.11 bits per heavy atom. The molecular weight excluding hydrogens is 364 g/mol. The molecule has 3 heterocycles. The fraction of sp³-hybridized carbons (Fsp3) is 0.474. The fourth-order valence-corrected chi connectivity index (χ4v) is 3.20. The molecule has 1 unspecified atom stereocenters. The van der Waals surface area contributed by atoms with Crippen molar-refractivity contribution in [3.8, 4) is 11.5 Å². The van der Waals surface area contributed by atoms with Crippen LogP contribution >= 0.6 is 0 Å². The molecule has 9 heteroatoms. The third kappa shape index (κ3) is 3.96. The summed E-state index contributed by atoms with van der Waals surface area (Å²) in [5, 5.41) is 7.66. The fourth-order valence-electron chi connectivity index (χ4n) is 3.20. The number of ether oxygens (including phenoxy) is 3. The van der Waals surface area contributed by atoms with E-state index in [0.29, 0.717) is 24.0 Å². The quantitative estimate of drug-likeness (QED) is 0.759. The van der Waals surface area contributed by atoms with Gasteiger partial charge in [-0.15, -0.1) is 10.2 Å². The molecule has 1 aromatic heterocycles. The summed E-state index contributed by atoms with van der Waals surface area (Å²) in [5.41, 5.74) is 3.81. The van der Waals surface area contributed by atoms with Crippen LogP contribution in [0.25, 0.3) is 5.70 Å². The summed E-state index contributed by atoms with van der Waals surface area (Å²) in [6.45, 7) is 6.68. The molecule has 1 atom stereocenters. The van der Waals surface area contributed by atoms with E-state index in [1.807, 2.05) is 31.2 Å². The number of hydroxylamine groups is 1. The average Bonchev–Trinajstić information content (AvgIpc) is 3.40. The number of hydrogen-bond donors (Lipinski definition) is 1. The van der Waals surface area contributed by atoms with Crippen molar-refractivity contribution in [2.75, 3.05) is 46.6 Å². The van der Waals surface area contributed by atoms with Crippen molar-refractivity contribution >= 4 is 5.70 Å². The highest BCUT2D eigenvalue weighted by Gasteiger charge is 2.37. The molecule has 2 aliphatic rings. The van der Waals surface area contributed by atoms with E-state index >= 15 is 0 Å². The van der Waals surface area contributed by atoms with Crippen LogP contribution in [0, 0.1) is 0 Å². The van der Waals surface area contributed by atoms with Crippen LogP contribution < -0.4 is 15.0 Å². The Bertz CT molecular complexity index is 820. The smallest absolute Gasteiger partial charge is 0.254 e. The molecule has 0 radical (unpaired) electrons. The first-order valence-electron chi connectivity index (χ1n) is 9.23. The van der Waals surface area contributed by atoms with E-state index < -0.39 is 5.60 Å². The number of rotatable bonds is 7. The molecule has 0 amide bonds. The highest BCUT2D eigenvalue weighted by molar-refractivity contribution is 5.68. The van der Waals surface area contributed by atoms with Crippen molar-refractivity contribution in [2.45, 2.75) is 12.5 Å². The number of hydrogen-bond acceptors (Lipinski definition) is 9. The monoisotopic (exact) mass is 388 g/mol. The van der Waals surface area contributed by atoms with Crippen LogP contribution in [0.5, 0.6) is 11.5 Å². The van der Waals surface area contributed by atoms with Crippen LogP contribution in [0.4, 0.5) is 0 Å². The Kier molecular flexibility index (Phi) is 5.47. The second kappa shape index (κ2) is 8.17. The van der Waals surface area contributed by atoms with Crippen LogP contribution in [0.1, 0.15) is 18.4 Å². The molecule has 28 heavy (non-hydrogen) atoms. The Labute approximate surface area is 163 Å². The molecule has 0 saturated carbocycles. The summed E-state index contributed by atoms with van der Waals surface area (Å²) in [7, 11) is 1.63. The SMILES string of the molecule is COc1ccc(C2=CC(C)(c3nnco3)ON2)cc1OCCN1CCOCC1. The van der Waals surface area contributed by atoms with Crippen molar-refractivity contribution in [3.63, 3.8) is 0 Å². The maximum absolute atomic E-state index is 6.01. The summed E-state index contributed by atoms with van der Waals surface area (Å²) in [4.78, 5) is 8.00. The van der Waals surface area contributed by atoms with E-state index in [1.165, 1.54) is 6.39 Å². The van der Waals surface area contributed by atoms with E-state index in [-0.39, 0.29) is 0 Å². The van der Waals surface area contributed by atoms with Gasteiger partial charge in [0.05, 0.1) is 26.0 Å². The lowest BCUT2D eigenvalue weighted by Gasteiger charge is -2.26. The molecule has 1 fully saturated rings. The maximum Gasteiger partial charge on any atom is 0.254 e.